The molecule has 1 heterocycles. The maximum Gasteiger partial charge on any atom is 0.237 e. The van der Waals surface area contributed by atoms with Crippen LogP contribution in [0.15, 0.2) is 35.2 Å². The van der Waals surface area contributed by atoms with E-state index in [2.05, 4.69) is 5.32 Å². The standard InChI is InChI=1S/C17H14Cl3NO3S/c1-9(17(22)21-14-8-12(19)11(18)7-13(14)20)25-10-2-3-15-16(6-10)24-5-4-23-15/h2-3,6-9H,4-5H2,1H3,(H,21,22). The minimum absolute atomic E-state index is 0.194. The van der Waals surface area contributed by atoms with Crippen LogP contribution < -0.4 is 14.8 Å². The Morgan fingerprint density at radius 3 is 2.48 bits per heavy atom. The first-order valence-corrected chi connectivity index (χ1v) is 9.47. The average Bonchev–Trinajstić information content (AvgIpc) is 2.59. The van der Waals surface area contributed by atoms with Gasteiger partial charge in [0.15, 0.2) is 11.5 Å². The fourth-order valence-electron chi connectivity index (χ4n) is 2.21. The third kappa shape index (κ3) is 4.47. The van der Waals surface area contributed by atoms with E-state index in [0.29, 0.717) is 39.7 Å². The Morgan fingerprint density at radius 1 is 1.04 bits per heavy atom. The molecule has 2 aromatic carbocycles. The van der Waals surface area contributed by atoms with Crippen molar-refractivity contribution < 1.29 is 14.3 Å². The molecule has 1 aliphatic rings. The number of carbonyl (C=O) groups excluding carboxylic acids is 1. The van der Waals surface area contributed by atoms with Crippen molar-refractivity contribution in [1.29, 1.82) is 0 Å². The van der Waals surface area contributed by atoms with Crippen molar-refractivity contribution in [2.75, 3.05) is 18.5 Å². The third-order valence-corrected chi connectivity index (χ3v) is 5.59. The van der Waals surface area contributed by atoms with E-state index < -0.39 is 0 Å². The van der Waals surface area contributed by atoms with Crippen LogP contribution in [0.5, 0.6) is 11.5 Å². The summed E-state index contributed by atoms with van der Waals surface area (Å²) in [4.78, 5) is 13.3. The van der Waals surface area contributed by atoms with Crippen LogP contribution in [-0.2, 0) is 4.79 Å². The number of ether oxygens (including phenoxy) is 2. The lowest BCUT2D eigenvalue weighted by atomic mass is 10.3. The molecule has 2 aromatic rings. The van der Waals surface area contributed by atoms with Gasteiger partial charge >= 0.3 is 0 Å². The number of carbonyl (C=O) groups is 1. The highest BCUT2D eigenvalue weighted by molar-refractivity contribution is 8.00. The Labute approximate surface area is 164 Å². The lowest BCUT2D eigenvalue weighted by Crippen LogP contribution is -2.22. The van der Waals surface area contributed by atoms with E-state index in [1.54, 1.807) is 0 Å². The van der Waals surface area contributed by atoms with Crippen LogP contribution in [-0.4, -0.2) is 24.4 Å². The Bertz CT molecular complexity index is 816. The minimum Gasteiger partial charge on any atom is -0.486 e. The van der Waals surface area contributed by atoms with Crippen LogP contribution in [0.4, 0.5) is 5.69 Å². The first-order chi connectivity index (χ1) is 11.9. The predicted molar refractivity (Wildman–Crippen MR) is 103 cm³/mol. The van der Waals surface area contributed by atoms with Gasteiger partial charge in [0.2, 0.25) is 5.91 Å². The zero-order chi connectivity index (χ0) is 18.0. The second-order valence-corrected chi connectivity index (χ2v) is 7.94. The number of fused-ring (bicyclic) bond motifs is 1. The number of nitrogens with one attached hydrogen (secondary N) is 1. The van der Waals surface area contributed by atoms with Gasteiger partial charge < -0.3 is 14.8 Å². The van der Waals surface area contributed by atoms with Gasteiger partial charge in [-0.05, 0) is 37.3 Å². The number of hydrogen-bond acceptors (Lipinski definition) is 4. The SMILES string of the molecule is CC(Sc1ccc2c(c1)OCCO2)C(=O)Nc1cc(Cl)c(Cl)cc1Cl. The van der Waals surface area contributed by atoms with E-state index in [1.807, 2.05) is 25.1 Å². The van der Waals surface area contributed by atoms with Crippen molar-refractivity contribution in [3.8, 4) is 11.5 Å². The third-order valence-electron chi connectivity index (χ3n) is 3.46. The lowest BCUT2D eigenvalue weighted by Gasteiger charge is -2.19. The van der Waals surface area contributed by atoms with Crippen LogP contribution in [0.2, 0.25) is 15.1 Å². The highest BCUT2D eigenvalue weighted by atomic mass is 35.5. The van der Waals surface area contributed by atoms with Crippen molar-refractivity contribution in [1.82, 2.24) is 0 Å². The summed E-state index contributed by atoms with van der Waals surface area (Å²) >= 11 is 19.4. The molecular weight excluding hydrogens is 405 g/mol. The molecule has 1 aliphatic heterocycles. The van der Waals surface area contributed by atoms with Crippen LogP contribution in [0.3, 0.4) is 0 Å². The molecule has 3 rings (SSSR count). The van der Waals surface area contributed by atoms with E-state index >= 15 is 0 Å². The number of benzene rings is 2. The summed E-state index contributed by atoms with van der Waals surface area (Å²) < 4.78 is 11.1. The normalized spacial score (nSPS) is 14.1. The lowest BCUT2D eigenvalue weighted by molar-refractivity contribution is -0.115. The van der Waals surface area contributed by atoms with Gasteiger partial charge in [0.05, 0.1) is 26.0 Å². The van der Waals surface area contributed by atoms with E-state index in [1.165, 1.54) is 23.9 Å². The fraction of sp³-hybridized carbons (Fsp3) is 0.235. The second-order valence-electron chi connectivity index (χ2n) is 5.30. The minimum atomic E-state index is -0.354. The molecule has 0 saturated heterocycles. The number of anilines is 1. The van der Waals surface area contributed by atoms with Crippen molar-refractivity contribution in [2.45, 2.75) is 17.1 Å². The molecule has 25 heavy (non-hydrogen) atoms. The number of rotatable bonds is 4. The summed E-state index contributed by atoms with van der Waals surface area (Å²) in [6, 6.07) is 8.64. The Morgan fingerprint density at radius 2 is 1.72 bits per heavy atom. The van der Waals surface area contributed by atoms with Crippen LogP contribution in [0, 0.1) is 0 Å². The van der Waals surface area contributed by atoms with Gasteiger partial charge in [-0.25, -0.2) is 0 Å². The molecular formula is C17H14Cl3NO3S. The van der Waals surface area contributed by atoms with Gasteiger partial charge in [0, 0.05) is 4.90 Å². The monoisotopic (exact) mass is 417 g/mol. The van der Waals surface area contributed by atoms with Gasteiger partial charge in [-0.3, -0.25) is 4.79 Å². The summed E-state index contributed by atoms with van der Waals surface area (Å²) in [6.45, 7) is 2.87. The molecule has 1 N–H and O–H groups in total. The Kier molecular flexibility index (Phi) is 5.89. The van der Waals surface area contributed by atoms with E-state index in [0.717, 1.165) is 10.6 Å². The Balaban J connectivity index is 1.68. The largest absolute Gasteiger partial charge is 0.486 e. The predicted octanol–water partition coefficient (Wildman–Crippen LogP) is 5.54. The zero-order valence-electron chi connectivity index (χ0n) is 13.1. The quantitative estimate of drug-likeness (QED) is 0.523. The number of amides is 1. The van der Waals surface area contributed by atoms with E-state index in [-0.39, 0.29) is 11.2 Å². The van der Waals surface area contributed by atoms with Gasteiger partial charge in [-0.15, -0.1) is 11.8 Å². The molecule has 0 aromatic heterocycles. The van der Waals surface area contributed by atoms with Crippen LogP contribution >= 0.6 is 46.6 Å². The summed E-state index contributed by atoms with van der Waals surface area (Å²) in [5.41, 5.74) is 0.427. The molecule has 0 bridgehead atoms. The molecule has 1 unspecified atom stereocenters. The van der Waals surface area contributed by atoms with Crippen molar-refractivity contribution in [3.63, 3.8) is 0 Å². The molecule has 1 atom stereocenters. The van der Waals surface area contributed by atoms with Crippen LogP contribution in [0.1, 0.15) is 6.92 Å². The number of hydrogen-bond donors (Lipinski definition) is 1. The molecule has 0 fully saturated rings. The second kappa shape index (κ2) is 7.96. The van der Waals surface area contributed by atoms with E-state index in [4.69, 9.17) is 44.3 Å². The van der Waals surface area contributed by atoms with E-state index in [9.17, 15) is 4.79 Å². The number of thioether (sulfide) groups is 1. The molecule has 0 saturated carbocycles. The topological polar surface area (TPSA) is 47.6 Å². The summed E-state index contributed by atoms with van der Waals surface area (Å²) in [5.74, 6) is 1.21. The van der Waals surface area contributed by atoms with Crippen molar-refractivity contribution >= 4 is 58.2 Å². The van der Waals surface area contributed by atoms with Gasteiger partial charge in [-0.1, -0.05) is 34.8 Å². The fourth-order valence-corrected chi connectivity index (χ4v) is 3.70. The van der Waals surface area contributed by atoms with Gasteiger partial charge in [-0.2, -0.15) is 0 Å². The van der Waals surface area contributed by atoms with Crippen LogP contribution in [0.25, 0.3) is 0 Å². The zero-order valence-corrected chi connectivity index (χ0v) is 16.2. The Hall–Kier alpha value is -1.27. The molecule has 0 aliphatic carbocycles. The average molecular weight is 419 g/mol. The van der Waals surface area contributed by atoms with Crippen molar-refractivity contribution in [2.24, 2.45) is 0 Å². The van der Waals surface area contributed by atoms with Crippen molar-refractivity contribution in [3.05, 3.63) is 45.4 Å². The maximum atomic E-state index is 12.4. The first-order valence-electron chi connectivity index (χ1n) is 7.46. The molecule has 4 nitrogen and oxygen atoms in total. The summed E-state index contributed by atoms with van der Waals surface area (Å²) in [5, 5.41) is 3.41. The summed E-state index contributed by atoms with van der Waals surface area (Å²) in [7, 11) is 0. The summed E-state index contributed by atoms with van der Waals surface area (Å²) in [6.07, 6.45) is 0. The molecule has 8 heteroatoms. The van der Waals surface area contributed by atoms with Gasteiger partial charge in [0.25, 0.3) is 0 Å². The first kappa shape index (κ1) is 18.5. The molecule has 1 amide bonds. The smallest absolute Gasteiger partial charge is 0.237 e. The maximum absolute atomic E-state index is 12.4. The highest BCUT2D eigenvalue weighted by Gasteiger charge is 2.19. The highest BCUT2D eigenvalue weighted by Crippen LogP contribution is 2.36. The van der Waals surface area contributed by atoms with Gasteiger partial charge in [0.1, 0.15) is 13.2 Å². The molecule has 0 radical (unpaired) electrons. The number of halogens is 3. The molecule has 0 spiro atoms. The molecule has 132 valence electrons.